The Bertz CT molecular complexity index is 519. The average Bonchev–Trinajstić information content (AvgIpc) is 2.85. The number of rotatable bonds is 4. The van der Waals surface area contributed by atoms with Gasteiger partial charge >= 0.3 is 0 Å². The van der Waals surface area contributed by atoms with Crippen LogP contribution in [0.5, 0.6) is 11.5 Å². The highest BCUT2D eigenvalue weighted by atomic mass is 16.7. The van der Waals surface area contributed by atoms with Gasteiger partial charge in [0.05, 0.1) is 6.42 Å². The third-order valence-corrected chi connectivity index (χ3v) is 3.28. The lowest BCUT2D eigenvalue weighted by molar-refractivity contribution is -0.130. The van der Waals surface area contributed by atoms with E-state index in [1.165, 1.54) is 0 Å². The minimum Gasteiger partial charge on any atom is -0.454 e. The average molecular weight is 259 g/mol. The topological polar surface area (TPSA) is 38.8 Å². The van der Waals surface area contributed by atoms with Gasteiger partial charge in [-0.3, -0.25) is 4.79 Å². The summed E-state index contributed by atoms with van der Waals surface area (Å²) in [6, 6.07) is 5.93. The van der Waals surface area contributed by atoms with Crippen molar-refractivity contribution in [3.63, 3.8) is 0 Å². The lowest BCUT2D eigenvalue weighted by Gasteiger charge is -2.24. The molecule has 19 heavy (non-hydrogen) atoms. The van der Waals surface area contributed by atoms with E-state index in [-0.39, 0.29) is 25.2 Å². The van der Waals surface area contributed by atoms with Crippen LogP contribution in [0.4, 0.5) is 0 Å². The molecular weight excluding hydrogens is 242 g/mol. The van der Waals surface area contributed by atoms with Gasteiger partial charge in [-0.1, -0.05) is 12.0 Å². The van der Waals surface area contributed by atoms with Crippen LogP contribution in [0.15, 0.2) is 18.2 Å². The first-order chi connectivity index (χ1) is 9.11. The molecule has 1 aromatic carbocycles. The second-order valence-corrected chi connectivity index (χ2v) is 4.63. The maximum Gasteiger partial charge on any atom is 0.234 e. The molecule has 0 spiro atoms. The number of likely N-dealkylation sites (N-methyl/N-ethyl adjacent to an activating group) is 1. The molecule has 1 aromatic rings. The van der Waals surface area contributed by atoms with Crippen LogP contribution in [0.2, 0.25) is 0 Å². The fraction of sp³-hybridized carbons (Fsp3) is 0.400. The molecule has 0 aromatic heterocycles. The van der Waals surface area contributed by atoms with Crippen LogP contribution in [0.3, 0.4) is 0 Å². The Labute approximate surface area is 113 Å². The Morgan fingerprint density at radius 1 is 1.47 bits per heavy atom. The molecule has 0 saturated carbocycles. The summed E-state index contributed by atoms with van der Waals surface area (Å²) in [5.74, 6) is 3.88. The highest BCUT2D eigenvalue weighted by Crippen LogP contribution is 2.32. The summed E-state index contributed by atoms with van der Waals surface area (Å²) in [5, 5.41) is 0. The van der Waals surface area contributed by atoms with E-state index >= 15 is 0 Å². The van der Waals surface area contributed by atoms with Crippen LogP contribution in [0.25, 0.3) is 0 Å². The first-order valence-corrected chi connectivity index (χ1v) is 6.19. The fourth-order valence-electron chi connectivity index (χ4n) is 2.00. The SMILES string of the molecule is C#CCC(=O)N(C)C(C)Cc1ccc2c(c1)OCO2. The molecule has 4 heteroatoms. The molecule has 1 aliphatic heterocycles. The quantitative estimate of drug-likeness (QED) is 0.774. The van der Waals surface area contributed by atoms with E-state index in [9.17, 15) is 4.79 Å². The Balaban J connectivity index is 2.01. The molecule has 0 radical (unpaired) electrons. The number of terminal acetylenes is 1. The van der Waals surface area contributed by atoms with Crippen LogP contribution >= 0.6 is 0 Å². The molecule has 1 atom stereocenters. The van der Waals surface area contributed by atoms with Crippen LogP contribution < -0.4 is 9.47 Å². The lowest BCUT2D eigenvalue weighted by Crippen LogP contribution is -2.36. The van der Waals surface area contributed by atoms with Gasteiger partial charge in [0.1, 0.15) is 0 Å². The number of amides is 1. The number of carbonyl (C=O) groups is 1. The highest BCUT2D eigenvalue weighted by molar-refractivity contribution is 5.78. The molecule has 1 amide bonds. The van der Waals surface area contributed by atoms with Gasteiger partial charge in [-0.05, 0) is 31.0 Å². The molecule has 0 fully saturated rings. The molecule has 0 bridgehead atoms. The Kier molecular flexibility index (Phi) is 3.96. The Morgan fingerprint density at radius 2 is 2.21 bits per heavy atom. The number of fused-ring (bicyclic) bond motifs is 1. The summed E-state index contributed by atoms with van der Waals surface area (Å²) in [4.78, 5) is 13.4. The van der Waals surface area contributed by atoms with Crippen LogP contribution in [0, 0.1) is 12.3 Å². The monoisotopic (exact) mass is 259 g/mol. The predicted octanol–water partition coefficient (Wildman–Crippen LogP) is 1.83. The maximum atomic E-state index is 11.7. The molecule has 100 valence electrons. The minimum absolute atomic E-state index is 0.0317. The zero-order chi connectivity index (χ0) is 13.8. The smallest absolute Gasteiger partial charge is 0.234 e. The normalized spacial score (nSPS) is 13.7. The van der Waals surface area contributed by atoms with E-state index in [1.807, 2.05) is 25.1 Å². The zero-order valence-electron chi connectivity index (χ0n) is 11.2. The third-order valence-electron chi connectivity index (χ3n) is 3.28. The van der Waals surface area contributed by atoms with E-state index in [0.717, 1.165) is 23.5 Å². The Hall–Kier alpha value is -2.15. The summed E-state index contributed by atoms with van der Waals surface area (Å²) in [6.07, 6.45) is 6.05. The van der Waals surface area contributed by atoms with Gasteiger partial charge in [0.15, 0.2) is 11.5 Å². The molecule has 2 rings (SSSR count). The van der Waals surface area contributed by atoms with E-state index in [2.05, 4.69) is 5.92 Å². The number of nitrogens with zero attached hydrogens (tertiary/aromatic N) is 1. The summed E-state index contributed by atoms with van der Waals surface area (Å²) < 4.78 is 10.6. The third kappa shape index (κ3) is 3.00. The maximum absolute atomic E-state index is 11.7. The summed E-state index contributed by atoms with van der Waals surface area (Å²) in [6.45, 7) is 2.27. The molecule has 0 N–H and O–H groups in total. The number of benzene rings is 1. The van der Waals surface area contributed by atoms with Crippen molar-refractivity contribution in [1.82, 2.24) is 4.90 Å². The molecule has 4 nitrogen and oxygen atoms in total. The van der Waals surface area contributed by atoms with Crippen LogP contribution in [-0.4, -0.2) is 30.7 Å². The van der Waals surface area contributed by atoms with Crippen molar-refractivity contribution in [1.29, 1.82) is 0 Å². The van der Waals surface area contributed by atoms with E-state index < -0.39 is 0 Å². The Morgan fingerprint density at radius 3 is 2.95 bits per heavy atom. The number of hydrogen-bond acceptors (Lipinski definition) is 3. The second-order valence-electron chi connectivity index (χ2n) is 4.63. The van der Waals surface area contributed by atoms with E-state index in [0.29, 0.717) is 0 Å². The number of ether oxygens (including phenoxy) is 2. The number of carbonyl (C=O) groups excluding carboxylic acids is 1. The summed E-state index contributed by atoms with van der Waals surface area (Å²) in [5.41, 5.74) is 1.11. The van der Waals surface area contributed by atoms with Gasteiger partial charge in [-0.15, -0.1) is 6.42 Å². The van der Waals surface area contributed by atoms with Crippen molar-refractivity contribution < 1.29 is 14.3 Å². The first kappa shape index (κ1) is 13.3. The van der Waals surface area contributed by atoms with Crippen molar-refractivity contribution in [3.8, 4) is 23.8 Å². The number of hydrogen-bond donors (Lipinski definition) is 0. The summed E-state index contributed by atoms with van der Waals surface area (Å²) in [7, 11) is 1.78. The highest BCUT2D eigenvalue weighted by Gasteiger charge is 2.18. The second kappa shape index (κ2) is 5.66. The van der Waals surface area contributed by atoms with Crippen molar-refractivity contribution in [3.05, 3.63) is 23.8 Å². The first-order valence-electron chi connectivity index (χ1n) is 6.19. The van der Waals surface area contributed by atoms with Crippen LogP contribution in [0.1, 0.15) is 18.9 Å². The fourth-order valence-corrected chi connectivity index (χ4v) is 2.00. The molecule has 0 aliphatic carbocycles. The molecule has 1 aliphatic rings. The van der Waals surface area contributed by atoms with Gasteiger partial charge in [-0.2, -0.15) is 0 Å². The molecular formula is C15H17NO3. The lowest BCUT2D eigenvalue weighted by atomic mass is 10.1. The van der Waals surface area contributed by atoms with Gasteiger partial charge in [0.25, 0.3) is 0 Å². The van der Waals surface area contributed by atoms with Gasteiger partial charge in [-0.25, -0.2) is 0 Å². The zero-order valence-corrected chi connectivity index (χ0v) is 11.2. The van der Waals surface area contributed by atoms with Crippen molar-refractivity contribution in [2.45, 2.75) is 25.8 Å². The van der Waals surface area contributed by atoms with Crippen molar-refractivity contribution >= 4 is 5.91 Å². The predicted molar refractivity (Wildman–Crippen MR) is 72.0 cm³/mol. The standard InChI is InChI=1S/C15H17NO3/c1-4-5-15(17)16(3)11(2)8-12-6-7-13-14(9-12)19-10-18-13/h1,6-7,9,11H,5,8,10H2,2-3H3. The van der Waals surface area contributed by atoms with Crippen molar-refractivity contribution in [2.75, 3.05) is 13.8 Å². The van der Waals surface area contributed by atoms with E-state index in [1.54, 1.807) is 11.9 Å². The van der Waals surface area contributed by atoms with Crippen molar-refractivity contribution in [2.24, 2.45) is 0 Å². The minimum atomic E-state index is -0.0317. The molecule has 1 heterocycles. The summed E-state index contributed by atoms with van der Waals surface area (Å²) >= 11 is 0. The molecule has 1 unspecified atom stereocenters. The van der Waals surface area contributed by atoms with Gasteiger partial charge in [0.2, 0.25) is 12.7 Å². The van der Waals surface area contributed by atoms with Gasteiger partial charge < -0.3 is 14.4 Å². The molecule has 0 saturated heterocycles. The largest absolute Gasteiger partial charge is 0.454 e. The van der Waals surface area contributed by atoms with Gasteiger partial charge in [0, 0.05) is 13.1 Å². The van der Waals surface area contributed by atoms with Crippen LogP contribution in [-0.2, 0) is 11.2 Å². The van der Waals surface area contributed by atoms with E-state index in [4.69, 9.17) is 15.9 Å².